The highest BCUT2D eigenvalue weighted by atomic mass is 16.1. The van der Waals surface area contributed by atoms with Crippen molar-refractivity contribution in [3.63, 3.8) is 0 Å². The van der Waals surface area contributed by atoms with Crippen LogP contribution in [0.25, 0.3) is 10.9 Å². The van der Waals surface area contributed by atoms with Crippen LogP contribution in [0.3, 0.4) is 0 Å². The normalized spacial score (nSPS) is 10.9. The lowest BCUT2D eigenvalue weighted by atomic mass is 10.0. The highest BCUT2D eigenvalue weighted by Gasteiger charge is 2.01. The smallest absolute Gasteiger partial charge is 0.248 e. The van der Waals surface area contributed by atoms with E-state index in [0.29, 0.717) is 0 Å². The van der Waals surface area contributed by atoms with Crippen molar-refractivity contribution < 1.29 is 0 Å². The Labute approximate surface area is 107 Å². The zero-order valence-electron chi connectivity index (χ0n) is 10.6. The summed E-state index contributed by atoms with van der Waals surface area (Å²) in [4.78, 5) is 14.1. The molecule has 2 aromatic rings. The number of pyridine rings is 1. The third kappa shape index (κ3) is 3.20. The Hall–Kier alpha value is -1.61. The summed E-state index contributed by atoms with van der Waals surface area (Å²) in [7, 11) is 0. The lowest BCUT2D eigenvalue weighted by molar-refractivity contribution is 0.648. The van der Waals surface area contributed by atoms with Gasteiger partial charge >= 0.3 is 0 Å². The van der Waals surface area contributed by atoms with Crippen LogP contribution < -0.4 is 11.3 Å². The third-order valence-corrected chi connectivity index (χ3v) is 3.26. The zero-order valence-corrected chi connectivity index (χ0v) is 10.6. The van der Waals surface area contributed by atoms with Crippen molar-refractivity contribution >= 4 is 10.9 Å². The van der Waals surface area contributed by atoms with Crippen molar-refractivity contribution in [3.05, 3.63) is 46.2 Å². The van der Waals surface area contributed by atoms with Gasteiger partial charge in [-0.1, -0.05) is 25.0 Å². The van der Waals surface area contributed by atoms with Crippen LogP contribution in [-0.2, 0) is 6.42 Å². The molecule has 0 saturated carbocycles. The van der Waals surface area contributed by atoms with Crippen LogP contribution in [0.4, 0.5) is 0 Å². The highest BCUT2D eigenvalue weighted by Crippen LogP contribution is 2.17. The molecule has 0 aliphatic rings. The topological polar surface area (TPSA) is 58.9 Å². The first-order chi connectivity index (χ1) is 8.81. The quantitative estimate of drug-likeness (QED) is 0.767. The molecule has 0 spiro atoms. The molecular weight excluding hydrogens is 224 g/mol. The van der Waals surface area contributed by atoms with Crippen molar-refractivity contribution in [2.24, 2.45) is 5.73 Å². The molecule has 3 heteroatoms. The molecule has 3 N–H and O–H groups in total. The molecule has 1 aromatic heterocycles. The van der Waals surface area contributed by atoms with Gasteiger partial charge in [0.2, 0.25) is 5.56 Å². The maximum absolute atomic E-state index is 11.3. The number of hydrogen-bond donors (Lipinski definition) is 2. The summed E-state index contributed by atoms with van der Waals surface area (Å²) in [5, 5.41) is 1.16. The Morgan fingerprint density at radius 2 is 1.83 bits per heavy atom. The van der Waals surface area contributed by atoms with E-state index in [1.165, 1.54) is 24.8 Å². The number of benzene rings is 1. The largest absolute Gasteiger partial charge is 0.330 e. The Bertz CT molecular complexity index is 560. The van der Waals surface area contributed by atoms with Crippen LogP contribution >= 0.6 is 0 Å². The molecule has 0 bridgehead atoms. The van der Waals surface area contributed by atoms with Gasteiger partial charge in [0.1, 0.15) is 0 Å². The molecular formula is C15H20N2O. The number of hydrogen-bond acceptors (Lipinski definition) is 2. The summed E-state index contributed by atoms with van der Waals surface area (Å²) < 4.78 is 0. The average Bonchev–Trinajstić information content (AvgIpc) is 2.38. The number of unbranched alkanes of at least 4 members (excludes halogenated alkanes) is 3. The molecule has 2 rings (SSSR count). The fourth-order valence-electron chi connectivity index (χ4n) is 2.28. The van der Waals surface area contributed by atoms with Crippen LogP contribution in [0.2, 0.25) is 0 Å². The predicted octanol–water partition coefficient (Wildman–Crippen LogP) is 2.59. The number of rotatable bonds is 6. The molecule has 0 unspecified atom stereocenters. The number of aromatic nitrogens is 1. The first-order valence-electron chi connectivity index (χ1n) is 6.62. The van der Waals surface area contributed by atoms with Gasteiger partial charge in [0.15, 0.2) is 0 Å². The van der Waals surface area contributed by atoms with Crippen LogP contribution in [0.15, 0.2) is 35.1 Å². The fraction of sp³-hybridized carbons (Fsp3) is 0.400. The summed E-state index contributed by atoms with van der Waals surface area (Å²) in [6.45, 7) is 0.787. The predicted molar refractivity (Wildman–Crippen MR) is 75.8 cm³/mol. The monoisotopic (exact) mass is 244 g/mol. The van der Waals surface area contributed by atoms with Crippen LogP contribution in [0.1, 0.15) is 31.2 Å². The van der Waals surface area contributed by atoms with E-state index >= 15 is 0 Å². The third-order valence-electron chi connectivity index (χ3n) is 3.26. The fourth-order valence-corrected chi connectivity index (χ4v) is 2.28. The van der Waals surface area contributed by atoms with E-state index in [9.17, 15) is 4.79 Å². The molecule has 96 valence electrons. The van der Waals surface area contributed by atoms with E-state index in [0.717, 1.165) is 30.3 Å². The van der Waals surface area contributed by atoms with Crippen LogP contribution in [0.5, 0.6) is 0 Å². The van der Waals surface area contributed by atoms with E-state index in [1.807, 2.05) is 18.2 Å². The van der Waals surface area contributed by atoms with Gasteiger partial charge in [0.25, 0.3) is 0 Å². The molecule has 0 fully saturated rings. The molecule has 0 aliphatic carbocycles. The minimum Gasteiger partial charge on any atom is -0.330 e. The van der Waals surface area contributed by atoms with Crippen molar-refractivity contribution in [1.29, 1.82) is 0 Å². The van der Waals surface area contributed by atoms with Crippen molar-refractivity contribution in [2.75, 3.05) is 6.54 Å². The molecule has 0 aliphatic heterocycles. The van der Waals surface area contributed by atoms with Gasteiger partial charge in [-0.2, -0.15) is 0 Å². The molecule has 1 heterocycles. The van der Waals surface area contributed by atoms with Crippen molar-refractivity contribution in [2.45, 2.75) is 32.1 Å². The first-order valence-corrected chi connectivity index (χ1v) is 6.62. The molecule has 0 atom stereocenters. The van der Waals surface area contributed by atoms with E-state index in [-0.39, 0.29) is 5.56 Å². The maximum Gasteiger partial charge on any atom is 0.248 e. The van der Waals surface area contributed by atoms with Gasteiger partial charge in [-0.15, -0.1) is 0 Å². The second kappa shape index (κ2) is 6.36. The van der Waals surface area contributed by atoms with Crippen LogP contribution in [-0.4, -0.2) is 11.5 Å². The average molecular weight is 244 g/mol. The number of nitrogens with one attached hydrogen (secondary N) is 1. The van der Waals surface area contributed by atoms with E-state index < -0.39 is 0 Å². The summed E-state index contributed by atoms with van der Waals surface area (Å²) >= 11 is 0. The van der Waals surface area contributed by atoms with Gasteiger partial charge < -0.3 is 10.7 Å². The molecule has 3 nitrogen and oxygen atoms in total. The Morgan fingerprint density at radius 1 is 1.00 bits per heavy atom. The molecule has 0 radical (unpaired) electrons. The number of H-pyrrole nitrogens is 1. The van der Waals surface area contributed by atoms with Crippen molar-refractivity contribution in [3.8, 4) is 0 Å². The zero-order chi connectivity index (χ0) is 12.8. The number of nitrogens with two attached hydrogens (primary N) is 1. The van der Waals surface area contributed by atoms with Gasteiger partial charge in [-0.25, -0.2) is 0 Å². The van der Waals surface area contributed by atoms with Gasteiger partial charge in [0.05, 0.1) is 0 Å². The van der Waals surface area contributed by atoms with Crippen molar-refractivity contribution in [1.82, 2.24) is 4.98 Å². The van der Waals surface area contributed by atoms with Crippen LogP contribution in [0, 0.1) is 0 Å². The Kier molecular flexibility index (Phi) is 4.53. The molecule has 0 saturated heterocycles. The SMILES string of the molecule is NCCCCCCc1cccc2[nH]c(=O)ccc12. The Morgan fingerprint density at radius 3 is 2.67 bits per heavy atom. The van der Waals surface area contributed by atoms with Gasteiger partial charge in [-0.3, -0.25) is 4.79 Å². The van der Waals surface area contributed by atoms with E-state index in [1.54, 1.807) is 6.07 Å². The number of aryl methyl sites for hydroxylation is 1. The lowest BCUT2D eigenvalue weighted by Gasteiger charge is -2.06. The highest BCUT2D eigenvalue weighted by molar-refractivity contribution is 5.81. The number of fused-ring (bicyclic) bond motifs is 1. The number of aromatic amines is 1. The molecule has 18 heavy (non-hydrogen) atoms. The van der Waals surface area contributed by atoms with Gasteiger partial charge in [0, 0.05) is 17.0 Å². The second-order valence-corrected chi connectivity index (χ2v) is 4.65. The minimum atomic E-state index is -0.0393. The summed E-state index contributed by atoms with van der Waals surface area (Å²) in [6, 6.07) is 9.62. The first kappa shape index (κ1) is 12.8. The van der Waals surface area contributed by atoms with Gasteiger partial charge in [-0.05, 0) is 43.5 Å². The Balaban J connectivity index is 2.06. The molecule has 1 aromatic carbocycles. The van der Waals surface area contributed by atoms with E-state index in [2.05, 4.69) is 11.1 Å². The molecule has 0 amide bonds. The summed E-state index contributed by atoms with van der Waals surface area (Å²) in [5.74, 6) is 0. The summed E-state index contributed by atoms with van der Waals surface area (Å²) in [5.41, 5.74) is 7.69. The standard InChI is InChI=1S/C15H20N2O/c16-11-4-2-1-3-6-12-7-5-8-14-13(12)9-10-15(18)17-14/h5,7-10H,1-4,6,11,16H2,(H,17,18). The summed E-state index contributed by atoms with van der Waals surface area (Å²) in [6.07, 6.45) is 5.78. The lowest BCUT2D eigenvalue weighted by Crippen LogP contribution is -2.03. The maximum atomic E-state index is 11.3. The second-order valence-electron chi connectivity index (χ2n) is 4.65. The van der Waals surface area contributed by atoms with E-state index in [4.69, 9.17) is 5.73 Å². The minimum absolute atomic E-state index is 0.0393.